The number of nitrogens with zero attached hydrogens (tertiary/aromatic N) is 1. The minimum atomic E-state index is -0.968. The minimum Gasteiger partial charge on any atom is -0.478 e. The van der Waals surface area contributed by atoms with E-state index in [1.165, 1.54) is 0 Å². The molecule has 1 radical (unpaired) electrons. The molecule has 0 bridgehead atoms. The van der Waals surface area contributed by atoms with Gasteiger partial charge in [-0.2, -0.15) is 0 Å². The van der Waals surface area contributed by atoms with Crippen LogP contribution < -0.4 is 4.90 Å². The molecular formula is C39H27CuNO6+2. The molecule has 0 spiro atoms. The predicted octanol–water partition coefficient (Wildman–Crippen LogP) is 9.25. The summed E-state index contributed by atoms with van der Waals surface area (Å²) >= 11 is 0. The van der Waals surface area contributed by atoms with Crippen LogP contribution in [0.5, 0.6) is 0 Å². The Morgan fingerprint density at radius 3 is 0.660 bits per heavy atom. The van der Waals surface area contributed by atoms with E-state index < -0.39 is 17.9 Å². The van der Waals surface area contributed by atoms with Crippen LogP contribution in [0.4, 0.5) is 17.1 Å². The molecule has 0 aliphatic carbocycles. The second-order valence-corrected chi connectivity index (χ2v) is 10.6. The van der Waals surface area contributed by atoms with Crippen molar-refractivity contribution >= 4 is 35.0 Å². The number of carboxylic acid groups (broad SMARTS) is 3. The fourth-order valence-corrected chi connectivity index (χ4v) is 5.27. The first kappa shape index (κ1) is 32.4. The summed E-state index contributed by atoms with van der Waals surface area (Å²) < 4.78 is 0. The Labute approximate surface area is 281 Å². The molecule has 47 heavy (non-hydrogen) atoms. The molecule has 0 fully saturated rings. The van der Waals surface area contributed by atoms with Crippen molar-refractivity contribution in [3.05, 3.63) is 162 Å². The van der Waals surface area contributed by atoms with Crippen LogP contribution in [0.1, 0.15) is 31.1 Å². The SMILES string of the molecule is O=C(O)c1ccc(-c2ccc(N(c3ccc(-c4ccc(C(=O)O)cc4)cc3)c3ccc(-c4ccc(C(=O)O)cc4)cc3)cc2)cc1.[Cu+2]. The van der Waals surface area contributed by atoms with Gasteiger partial charge in [0, 0.05) is 17.1 Å². The Bertz CT molecular complexity index is 1780. The number of benzene rings is 6. The first-order valence-electron chi connectivity index (χ1n) is 14.4. The summed E-state index contributed by atoms with van der Waals surface area (Å²) in [5, 5.41) is 27.7. The van der Waals surface area contributed by atoms with Crippen molar-refractivity contribution in [2.45, 2.75) is 0 Å². The number of aromatic carboxylic acids is 3. The third-order valence-electron chi connectivity index (χ3n) is 7.77. The van der Waals surface area contributed by atoms with Gasteiger partial charge in [-0.3, -0.25) is 0 Å². The van der Waals surface area contributed by atoms with Gasteiger partial charge < -0.3 is 20.2 Å². The van der Waals surface area contributed by atoms with Gasteiger partial charge in [-0.25, -0.2) is 14.4 Å². The molecule has 0 aliphatic heterocycles. The number of anilines is 3. The number of carbonyl (C=O) groups is 3. The smallest absolute Gasteiger partial charge is 0.478 e. The van der Waals surface area contributed by atoms with Gasteiger partial charge >= 0.3 is 35.0 Å². The molecule has 6 aromatic rings. The molecule has 6 aromatic carbocycles. The topological polar surface area (TPSA) is 115 Å². The zero-order valence-corrected chi connectivity index (χ0v) is 25.6. The van der Waals surface area contributed by atoms with Gasteiger partial charge in [-0.05, 0) is 106 Å². The van der Waals surface area contributed by atoms with Crippen LogP contribution in [-0.2, 0) is 17.1 Å². The van der Waals surface area contributed by atoms with E-state index in [-0.39, 0.29) is 33.8 Å². The molecule has 0 aromatic heterocycles. The summed E-state index contributed by atoms with van der Waals surface area (Å²) in [5.74, 6) is -2.91. The van der Waals surface area contributed by atoms with Gasteiger partial charge in [-0.15, -0.1) is 0 Å². The van der Waals surface area contributed by atoms with E-state index in [0.717, 1.165) is 50.4 Å². The molecule has 8 heteroatoms. The third kappa shape index (κ3) is 7.15. The number of hydrogen-bond acceptors (Lipinski definition) is 4. The number of hydrogen-bond donors (Lipinski definition) is 3. The van der Waals surface area contributed by atoms with Gasteiger partial charge in [0.15, 0.2) is 0 Å². The molecule has 0 saturated heterocycles. The van der Waals surface area contributed by atoms with Crippen LogP contribution in [0.15, 0.2) is 146 Å². The van der Waals surface area contributed by atoms with E-state index in [1.54, 1.807) is 72.8 Å². The van der Waals surface area contributed by atoms with Gasteiger partial charge in [0.05, 0.1) is 16.7 Å². The van der Waals surface area contributed by atoms with E-state index in [4.69, 9.17) is 0 Å². The van der Waals surface area contributed by atoms with Crippen molar-refractivity contribution in [3.63, 3.8) is 0 Å². The average molecular weight is 669 g/mol. The molecule has 0 unspecified atom stereocenters. The first-order chi connectivity index (χ1) is 22.3. The van der Waals surface area contributed by atoms with Crippen LogP contribution in [0.3, 0.4) is 0 Å². The molecule has 7 nitrogen and oxygen atoms in total. The van der Waals surface area contributed by atoms with Crippen LogP contribution in [0.2, 0.25) is 0 Å². The van der Waals surface area contributed by atoms with E-state index >= 15 is 0 Å². The largest absolute Gasteiger partial charge is 2.00 e. The Kier molecular flexibility index (Phi) is 9.66. The van der Waals surface area contributed by atoms with Crippen molar-refractivity contribution in [3.8, 4) is 33.4 Å². The Morgan fingerprint density at radius 1 is 0.319 bits per heavy atom. The molecule has 233 valence electrons. The maximum absolute atomic E-state index is 11.3. The second-order valence-electron chi connectivity index (χ2n) is 10.6. The molecule has 0 aliphatic rings. The maximum Gasteiger partial charge on any atom is 2.00 e. The minimum absolute atomic E-state index is 0. The predicted molar refractivity (Wildman–Crippen MR) is 178 cm³/mol. The summed E-state index contributed by atoms with van der Waals surface area (Å²) in [6.45, 7) is 0. The molecule has 6 rings (SSSR count). The fraction of sp³-hybridized carbons (Fsp3) is 0. The standard InChI is InChI=1S/C39H27NO6.Cu/c41-37(42)31-7-1-25(2-8-31)28-13-19-34(20-14-28)40(35-21-15-29(16-22-35)26-3-9-32(10-4-26)38(43)44)36-23-17-30(18-24-36)27-5-11-33(12-6-27)39(45)46;/h1-24H,(H,41,42)(H,43,44)(H,45,46);/q;+2. The monoisotopic (exact) mass is 668 g/mol. The Morgan fingerprint density at radius 2 is 0.489 bits per heavy atom. The first-order valence-corrected chi connectivity index (χ1v) is 14.4. The zero-order chi connectivity index (χ0) is 32.2. The Balaban J connectivity index is 0.00000433. The van der Waals surface area contributed by atoms with E-state index in [1.807, 2.05) is 72.8 Å². The van der Waals surface area contributed by atoms with Crippen LogP contribution in [-0.4, -0.2) is 33.2 Å². The van der Waals surface area contributed by atoms with Gasteiger partial charge in [0.25, 0.3) is 0 Å². The maximum atomic E-state index is 11.3. The number of rotatable bonds is 9. The molecular weight excluding hydrogens is 642 g/mol. The van der Waals surface area contributed by atoms with Crippen LogP contribution in [0.25, 0.3) is 33.4 Å². The van der Waals surface area contributed by atoms with Crippen molar-refractivity contribution in [2.75, 3.05) is 4.90 Å². The van der Waals surface area contributed by atoms with Crippen molar-refractivity contribution < 1.29 is 46.8 Å². The summed E-state index contributed by atoms with van der Waals surface area (Å²) in [6.07, 6.45) is 0. The number of carboxylic acids is 3. The fourth-order valence-electron chi connectivity index (χ4n) is 5.27. The van der Waals surface area contributed by atoms with Crippen molar-refractivity contribution in [2.24, 2.45) is 0 Å². The van der Waals surface area contributed by atoms with Crippen molar-refractivity contribution in [1.82, 2.24) is 0 Å². The quantitative estimate of drug-likeness (QED) is 0.132. The summed E-state index contributed by atoms with van der Waals surface area (Å²) in [6, 6.07) is 44.3. The molecule has 0 saturated carbocycles. The summed E-state index contributed by atoms with van der Waals surface area (Å²) in [4.78, 5) is 35.9. The van der Waals surface area contributed by atoms with E-state index in [0.29, 0.717) is 0 Å². The molecule has 3 N–H and O–H groups in total. The second kappa shape index (κ2) is 14.0. The van der Waals surface area contributed by atoms with E-state index in [2.05, 4.69) is 4.90 Å². The molecule has 0 heterocycles. The third-order valence-corrected chi connectivity index (χ3v) is 7.77. The van der Waals surface area contributed by atoms with Crippen LogP contribution in [0, 0.1) is 0 Å². The van der Waals surface area contributed by atoms with Crippen LogP contribution >= 0.6 is 0 Å². The zero-order valence-electron chi connectivity index (χ0n) is 24.7. The summed E-state index contributed by atoms with van der Waals surface area (Å²) in [7, 11) is 0. The average Bonchev–Trinajstić information content (AvgIpc) is 3.09. The van der Waals surface area contributed by atoms with Crippen molar-refractivity contribution in [1.29, 1.82) is 0 Å². The van der Waals surface area contributed by atoms with Gasteiger partial charge in [0.1, 0.15) is 0 Å². The molecule has 0 amide bonds. The van der Waals surface area contributed by atoms with Gasteiger partial charge in [0.2, 0.25) is 0 Å². The normalized spacial score (nSPS) is 10.5. The Hall–Kier alpha value is -5.95. The molecule has 0 atom stereocenters. The van der Waals surface area contributed by atoms with E-state index in [9.17, 15) is 29.7 Å². The summed E-state index contributed by atoms with van der Waals surface area (Å²) in [5.41, 5.74) is 8.95. The van der Waals surface area contributed by atoms with Gasteiger partial charge in [-0.1, -0.05) is 72.8 Å².